The van der Waals surface area contributed by atoms with E-state index in [0.29, 0.717) is 5.75 Å². The monoisotopic (exact) mass is 273 g/mol. The second kappa shape index (κ2) is 6.35. The van der Waals surface area contributed by atoms with Crippen molar-refractivity contribution in [2.75, 3.05) is 12.3 Å². The summed E-state index contributed by atoms with van der Waals surface area (Å²) in [5.41, 5.74) is 0.261. The molecule has 17 heavy (non-hydrogen) atoms. The second-order valence-electron chi connectivity index (χ2n) is 5.04. The van der Waals surface area contributed by atoms with Gasteiger partial charge in [-0.15, -0.1) is 10.2 Å². The molecule has 96 valence electrons. The maximum absolute atomic E-state index is 11.5. The first-order valence-electron chi connectivity index (χ1n) is 5.56. The molecule has 0 bridgehead atoms. The van der Waals surface area contributed by atoms with Crippen molar-refractivity contribution in [3.8, 4) is 0 Å². The maximum Gasteiger partial charge on any atom is 0.230 e. The number of hydrogen-bond acceptors (Lipinski definition) is 5. The molecule has 0 fully saturated rings. The van der Waals surface area contributed by atoms with Gasteiger partial charge in [-0.1, -0.05) is 43.9 Å². The lowest BCUT2D eigenvalue weighted by molar-refractivity contribution is -0.118. The number of rotatable bonds is 5. The number of aryl methyl sites for hydroxylation is 1. The summed E-state index contributed by atoms with van der Waals surface area (Å²) >= 11 is 2.96. The Morgan fingerprint density at radius 3 is 2.65 bits per heavy atom. The van der Waals surface area contributed by atoms with Gasteiger partial charge in [-0.25, -0.2) is 0 Å². The molecule has 4 nitrogen and oxygen atoms in total. The van der Waals surface area contributed by atoms with Gasteiger partial charge in [0.15, 0.2) is 4.34 Å². The zero-order valence-electron chi connectivity index (χ0n) is 10.7. The normalized spacial score (nSPS) is 11.5. The number of hydrogen-bond donors (Lipinski definition) is 1. The molecule has 0 saturated heterocycles. The summed E-state index contributed by atoms with van der Waals surface area (Å²) in [7, 11) is 0. The van der Waals surface area contributed by atoms with Crippen molar-refractivity contribution in [3.05, 3.63) is 5.01 Å². The van der Waals surface area contributed by atoms with Crippen LogP contribution in [-0.2, 0) is 4.79 Å². The second-order valence-corrected chi connectivity index (χ2v) is 7.44. The number of carbonyl (C=O) groups is 1. The molecule has 0 aromatic carbocycles. The third-order valence-electron chi connectivity index (χ3n) is 2.03. The summed E-state index contributed by atoms with van der Waals surface area (Å²) in [5, 5.41) is 11.7. The van der Waals surface area contributed by atoms with Crippen molar-refractivity contribution in [1.82, 2.24) is 15.5 Å². The van der Waals surface area contributed by atoms with E-state index in [0.717, 1.165) is 22.3 Å². The first kappa shape index (κ1) is 14.4. The average Bonchev–Trinajstić information content (AvgIpc) is 2.59. The first-order chi connectivity index (χ1) is 7.87. The minimum absolute atomic E-state index is 0.0621. The van der Waals surface area contributed by atoms with Crippen LogP contribution in [0.25, 0.3) is 0 Å². The van der Waals surface area contributed by atoms with E-state index in [1.165, 1.54) is 23.1 Å². The summed E-state index contributed by atoms with van der Waals surface area (Å²) in [6, 6.07) is 0. The molecule has 0 saturated carbocycles. The van der Waals surface area contributed by atoms with Crippen molar-refractivity contribution in [2.45, 2.75) is 38.5 Å². The molecule has 1 rings (SSSR count). The first-order valence-corrected chi connectivity index (χ1v) is 7.37. The van der Waals surface area contributed by atoms with Gasteiger partial charge in [0, 0.05) is 6.54 Å². The Balaban J connectivity index is 2.18. The number of amides is 1. The van der Waals surface area contributed by atoms with Crippen LogP contribution in [0.15, 0.2) is 4.34 Å². The predicted octanol–water partition coefficient (Wildman–Crippen LogP) is 2.49. The van der Waals surface area contributed by atoms with Gasteiger partial charge < -0.3 is 5.32 Å². The van der Waals surface area contributed by atoms with Gasteiger partial charge in [0.2, 0.25) is 5.91 Å². The lowest BCUT2D eigenvalue weighted by Gasteiger charge is -2.17. The number of nitrogens with one attached hydrogen (secondary N) is 1. The van der Waals surface area contributed by atoms with Gasteiger partial charge in [0.1, 0.15) is 5.01 Å². The molecule has 0 radical (unpaired) electrons. The quantitative estimate of drug-likeness (QED) is 0.837. The predicted molar refractivity (Wildman–Crippen MR) is 72.5 cm³/mol. The Kier molecular flexibility index (Phi) is 5.39. The molecule has 0 aliphatic heterocycles. The van der Waals surface area contributed by atoms with Crippen LogP contribution in [0, 0.1) is 12.3 Å². The fourth-order valence-electron chi connectivity index (χ4n) is 1.09. The van der Waals surface area contributed by atoms with Crippen molar-refractivity contribution in [2.24, 2.45) is 5.41 Å². The number of nitrogens with zero attached hydrogens (tertiary/aromatic N) is 2. The van der Waals surface area contributed by atoms with Gasteiger partial charge in [-0.05, 0) is 18.8 Å². The van der Waals surface area contributed by atoms with E-state index in [1.54, 1.807) is 0 Å². The van der Waals surface area contributed by atoms with E-state index in [9.17, 15) is 4.79 Å². The summed E-state index contributed by atoms with van der Waals surface area (Å²) in [4.78, 5) is 11.5. The standard InChI is InChI=1S/C11H19N3OS2/c1-8-13-14-10(17-8)16-7-9(15)12-6-5-11(2,3)4/h5-7H2,1-4H3,(H,12,15). The molecule has 6 heteroatoms. The number of thioether (sulfide) groups is 1. The van der Waals surface area contributed by atoms with Crippen LogP contribution in [-0.4, -0.2) is 28.4 Å². The Morgan fingerprint density at radius 1 is 1.41 bits per heavy atom. The van der Waals surface area contributed by atoms with Crippen LogP contribution in [0.4, 0.5) is 0 Å². The zero-order chi connectivity index (χ0) is 12.9. The Morgan fingerprint density at radius 2 is 2.12 bits per heavy atom. The molecule has 1 N–H and O–H groups in total. The van der Waals surface area contributed by atoms with Gasteiger partial charge in [0.05, 0.1) is 5.75 Å². The topological polar surface area (TPSA) is 54.9 Å². The molecule has 1 amide bonds. The molecule has 0 aliphatic rings. The molecule has 0 aliphatic carbocycles. The van der Waals surface area contributed by atoms with Crippen molar-refractivity contribution in [3.63, 3.8) is 0 Å². The molecule has 1 aromatic heterocycles. The van der Waals surface area contributed by atoms with Crippen LogP contribution in [0.5, 0.6) is 0 Å². The fraction of sp³-hybridized carbons (Fsp3) is 0.727. The Labute approximate surface area is 111 Å². The molecule has 1 heterocycles. The Bertz CT molecular complexity index is 371. The summed E-state index contributed by atoms with van der Waals surface area (Å²) in [6.07, 6.45) is 0.987. The van der Waals surface area contributed by atoms with Crippen LogP contribution < -0.4 is 5.32 Å². The fourth-order valence-corrected chi connectivity index (χ4v) is 2.74. The van der Waals surface area contributed by atoms with E-state index < -0.39 is 0 Å². The molecule has 0 spiro atoms. The third-order valence-corrected chi connectivity index (χ3v) is 4.00. The largest absolute Gasteiger partial charge is 0.355 e. The minimum atomic E-state index is 0.0621. The van der Waals surface area contributed by atoms with Crippen molar-refractivity contribution < 1.29 is 4.79 Å². The van der Waals surface area contributed by atoms with E-state index >= 15 is 0 Å². The van der Waals surface area contributed by atoms with Crippen LogP contribution in [0.3, 0.4) is 0 Å². The highest BCUT2D eigenvalue weighted by molar-refractivity contribution is 8.01. The summed E-state index contributed by atoms with van der Waals surface area (Å²) in [6.45, 7) is 9.14. The summed E-state index contributed by atoms with van der Waals surface area (Å²) in [5.74, 6) is 0.478. The molecular weight excluding hydrogens is 254 g/mol. The lowest BCUT2D eigenvalue weighted by Crippen LogP contribution is -2.28. The summed E-state index contributed by atoms with van der Waals surface area (Å²) < 4.78 is 0.855. The number of carbonyl (C=O) groups excluding carboxylic acids is 1. The minimum Gasteiger partial charge on any atom is -0.355 e. The van der Waals surface area contributed by atoms with Crippen molar-refractivity contribution >= 4 is 29.0 Å². The van der Waals surface area contributed by atoms with Gasteiger partial charge in [-0.3, -0.25) is 4.79 Å². The maximum atomic E-state index is 11.5. The van der Waals surface area contributed by atoms with Crippen LogP contribution in [0.2, 0.25) is 0 Å². The lowest BCUT2D eigenvalue weighted by atomic mass is 9.92. The van der Waals surface area contributed by atoms with Crippen LogP contribution >= 0.6 is 23.1 Å². The van der Waals surface area contributed by atoms with Gasteiger partial charge >= 0.3 is 0 Å². The highest BCUT2D eigenvalue weighted by atomic mass is 32.2. The van der Waals surface area contributed by atoms with Gasteiger partial charge in [-0.2, -0.15) is 0 Å². The Hall–Kier alpha value is -0.620. The third kappa shape index (κ3) is 6.63. The van der Waals surface area contributed by atoms with E-state index in [1.807, 2.05) is 6.92 Å². The van der Waals surface area contributed by atoms with E-state index in [2.05, 4.69) is 36.3 Å². The zero-order valence-corrected chi connectivity index (χ0v) is 12.4. The van der Waals surface area contributed by atoms with E-state index in [-0.39, 0.29) is 11.3 Å². The van der Waals surface area contributed by atoms with Gasteiger partial charge in [0.25, 0.3) is 0 Å². The SMILES string of the molecule is Cc1nnc(SCC(=O)NCCC(C)(C)C)s1. The molecular formula is C11H19N3OS2. The molecule has 1 aromatic rings. The van der Waals surface area contributed by atoms with Crippen molar-refractivity contribution in [1.29, 1.82) is 0 Å². The average molecular weight is 273 g/mol. The highest BCUT2D eigenvalue weighted by Crippen LogP contribution is 2.21. The van der Waals surface area contributed by atoms with E-state index in [4.69, 9.17) is 0 Å². The highest BCUT2D eigenvalue weighted by Gasteiger charge is 2.11. The van der Waals surface area contributed by atoms with Crippen LogP contribution in [0.1, 0.15) is 32.2 Å². The smallest absolute Gasteiger partial charge is 0.230 e. The molecule has 0 atom stereocenters. The molecule has 0 unspecified atom stereocenters. The number of aromatic nitrogens is 2.